The third-order valence-corrected chi connectivity index (χ3v) is 4.16. The van der Waals surface area contributed by atoms with Crippen LogP contribution in [0, 0.1) is 0 Å². The zero-order chi connectivity index (χ0) is 16.6. The van der Waals surface area contributed by atoms with Crippen LogP contribution in [0.5, 0.6) is 5.88 Å². The molecule has 1 aliphatic rings. The molecule has 1 fully saturated rings. The molecule has 2 aromatic rings. The lowest BCUT2D eigenvalue weighted by atomic mass is 10.1. The third-order valence-electron chi connectivity index (χ3n) is 4.16. The highest BCUT2D eigenvalue weighted by atomic mass is 127. The summed E-state index contributed by atoms with van der Waals surface area (Å²) in [6.07, 6.45) is 5.40. The highest BCUT2D eigenvalue weighted by Gasteiger charge is 2.12. The molecule has 1 saturated heterocycles. The van der Waals surface area contributed by atoms with Crippen LogP contribution in [0.25, 0.3) is 0 Å². The van der Waals surface area contributed by atoms with Crippen molar-refractivity contribution in [3.05, 3.63) is 59.8 Å². The number of benzene rings is 1. The molecule has 0 spiro atoms. The SMILES string of the molecule is I.NC(=NCc1cccnc1OCc1ccccc1)N1CCCCC1. The Labute approximate surface area is 166 Å². The number of hydrogen-bond acceptors (Lipinski definition) is 3. The number of ether oxygens (including phenoxy) is 1. The summed E-state index contributed by atoms with van der Waals surface area (Å²) in [5.74, 6) is 1.24. The van der Waals surface area contributed by atoms with Crippen LogP contribution in [0.3, 0.4) is 0 Å². The summed E-state index contributed by atoms with van der Waals surface area (Å²) in [6.45, 7) is 2.98. The molecule has 0 radical (unpaired) electrons. The number of halogens is 1. The number of rotatable bonds is 5. The predicted octanol–water partition coefficient (Wildman–Crippen LogP) is 3.58. The Morgan fingerprint density at radius 3 is 2.60 bits per heavy atom. The van der Waals surface area contributed by atoms with Crippen LogP contribution in [-0.4, -0.2) is 28.9 Å². The molecule has 2 N–H and O–H groups in total. The van der Waals surface area contributed by atoms with Crippen LogP contribution in [0.4, 0.5) is 0 Å². The molecule has 1 aromatic carbocycles. The average Bonchev–Trinajstić information content (AvgIpc) is 2.66. The third kappa shape index (κ3) is 5.88. The van der Waals surface area contributed by atoms with Crippen molar-refractivity contribution in [2.75, 3.05) is 13.1 Å². The van der Waals surface area contributed by atoms with E-state index in [0.717, 1.165) is 24.2 Å². The highest BCUT2D eigenvalue weighted by Crippen LogP contribution is 2.17. The zero-order valence-corrected chi connectivity index (χ0v) is 16.6. The second-order valence-electron chi connectivity index (χ2n) is 5.96. The van der Waals surface area contributed by atoms with Gasteiger partial charge in [0.05, 0.1) is 6.54 Å². The molecular formula is C19H25IN4O. The van der Waals surface area contributed by atoms with E-state index in [1.807, 2.05) is 42.5 Å². The van der Waals surface area contributed by atoms with Gasteiger partial charge in [-0.05, 0) is 30.9 Å². The van der Waals surface area contributed by atoms with Crippen molar-refractivity contribution in [2.24, 2.45) is 10.7 Å². The Balaban J connectivity index is 0.00000225. The molecule has 0 bridgehead atoms. The van der Waals surface area contributed by atoms with E-state index in [2.05, 4.69) is 14.9 Å². The molecule has 0 aliphatic carbocycles. The molecule has 6 heteroatoms. The van der Waals surface area contributed by atoms with E-state index in [4.69, 9.17) is 10.5 Å². The fourth-order valence-corrected chi connectivity index (χ4v) is 2.79. The molecule has 2 heterocycles. The Morgan fingerprint density at radius 1 is 1.08 bits per heavy atom. The normalized spacial score (nSPS) is 14.7. The van der Waals surface area contributed by atoms with Gasteiger partial charge in [-0.25, -0.2) is 9.98 Å². The maximum atomic E-state index is 6.13. The monoisotopic (exact) mass is 452 g/mol. The number of likely N-dealkylation sites (tertiary alicyclic amines) is 1. The fourth-order valence-electron chi connectivity index (χ4n) is 2.79. The zero-order valence-electron chi connectivity index (χ0n) is 14.3. The summed E-state index contributed by atoms with van der Waals surface area (Å²) >= 11 is 0. The van der Waals surface area contributed by atoms with E-state index >= 15 is 0 Å². The van der Waals surface area contributed by atoms with E-state index in [1.54, 1.807) is 6.20 Å². The van der Waals surface area contributed by atoms with Gasteiger partial charge in [0.1, 0.15) is 6.61 Å². The van der Waals surface area contributed by atoms with Crippen LogP contribution in [0.15, 0.2) is 53.7 Å². The number of guanidine groups is 1. The number of aromatic nitrogens is 1. The molecule has 1 aliphatic heterocycles. The summed E-state index contributed by atoms with van der Waals surface area (Å²) in [7, 11) is 0. The summed E-state index contributed by atoms with van der Waals surface area (Å²) in [6, 6.07) is 14.0. The molecule has 0 saturated carbocycles. The van der Waals surface area contributed by atoms with Gasteiger partial charge in [-0.15, -0.1) is 24.0 Å². The van der Waals surface area contributed by atoms with Gasteiger partial charge in [-0.3, -0.25) is 0 Å². The smallest absolute Gasteiger partial charge is 0.218 e. The maximum Gasteiger partial charge on any atom is 0.218 e. The molecule has 5 nitrogen and oxygen atoms in total. The Bertz CT molecular complexity index is 672. The van der Waals surface area contributed by atoms with E-state index in [9.17, 15) is 0 Å². The minimum Gasteiger partial charge on any atom is -0.473 e. The summed E-state index contributed by atoms with van der Waals surface area (Å²) < 4.78 is 5.87. The number of piperidine rings is 1. The van der Waals surface area contributed by atoms with Crippen molar-refractivity contribution in [3.8, 4) is 5.88 Å². The Morgan fingerprint density at radius 2 is 1.84 bits per heavy atom. The largest absolute Gasteiger partial charge is 0.473 e. The van der Waals surface area contributed by atoms with Gasteiger partial charge in [-0.2, -0.15) is 0 Å². The molecule has 0 amide bonds. The van der Waals surface area contributed by atoms with Gasteiger partial charge in [0, 0.05) is 24.8 Å². The topological polar surface area (TPSA) is 63.7 Å². The summed E-state index contributed by atoms with van der Waals surface area (Å²) in [5, 5.41) is 0. The number of aliphatic imine (C=N–C) groups is 1. The maximum absolute atomic E-state index is 6.13. The molecule has 25 heavy (non-hydrogen) atoms. The fraction of sp³-hybridized carbons (Fsp3) is 0.368. The van der Waals surface area contributed by atoms with Crippen molar-refractivity contribution >= 4 is 29.9 Å². The molecule has 0 unspecified atom stereocenters. The minimum atomic E-state index is 0. The first-order valence-electron chi connectivity index (χ1n) is 8.48. The minimum absolute atomic E-state index is 0. The van der Waals surface area contributed by atoms with E-state index in [-0.39, 0.29) is 24.0 Å². The lowest BCUT2D eigenvalue weighted by Gasteiger charge is -2.27. The number of hydrogen-bond donors (Lipinski definition) is 1. The number of pyridine rings is 1. The molecular weight excluding hydrogens is 427 g/mol. The van der Waals surface area contributed by atoms with Gasteiger partial charge in [0.25, 0.3) is 0 Å². The van der Waals surface area contributed by atoms with Gasteiger partial charge in [0.15, 0.2) is 5.96 Å². The van der Waals surface area contributed by atoms with Crippen LogP contribution >= 0.6 is 24.0 Å². The van der Waals surface area contributed by atoms with Gasteiger partial charge in [-0.1, -0.05) is 36.4 Å². The summed E-state index contributed by atoms with van der Waals surface area (Å²) in [4.78, 5) is 11.0. The van der Waals surface area contributed by atoms with Crippen LogP contribution in [0.2, 0.25) is 0 Å². The molecule has 3 rings (SSSR count). The van der Waals surface area contributed by atoms with Gasteiger partial charge in [0.2, 0.25) is 5.88 Å². The van der Waals surface area contributed by atoms with Crippen molar-refractivity contribution in [1.29, 1.82) is 0 Å². The lowest BCUT2D eigenvalue weighted by molar-refractivity contribution is 0.290. The quantitative estimate of drug-likeness (QED) is 0.428. The van der Waals surface area contributed by atoms with E-state index in [1.165, 1.54) is 19.3 Å². The van der Waals surface area contributed by atoms with Crippen molar-refractivity contribution in [1.82, 2.24) is 9.88 Å². The standard InChI is InChI=1S/C19H24N4O.HI/c20-19(23-12-5-2-6-13-23)22-14-17-10-7-11-21-18(17)24-15-16-8-3-1-4-9-16;/h1,3-4,7-11H,2,5-6,12-15H2,(H2,20,22);1H. The average molecular weight is 452 g/mol. The van der Waals surface area contributed by atoms with Crippen LogP contribution < -0.4 is 10.5 Å². The van der Waals surface area contributed by atoms with Crippen molar-refractivity contribution in [3.63, 3.8) is 0 Å². The number of nitrogens with two attached hydrogens (primary N) is 1. The first-order chi connectivity index (χ1) is 11.8. The predicted molar refractivity (Wildman–Crippen MR) is 111 cm³/mol. The lowest BCUT2D eigenvalue weighted by Crippen LogP contribution is -2.40. The first-order valence-corrected chi connectivity index (χ1v) is 8.48. The van der Waals surface area contributed by atoms with Crippen molar-refractivity contribution < 1.29 is 4.74 Å². The molecule has 134 valence electrons. The first kappa shape index (κ1) is 19.5. The molecule has 1 aromatic heterocycles. The van der Waals surface area contributed by atoms with E-state index < -0.39 is 0 Å². The Hall–Kier alpha value is -1.83. The number of nitrogens with zero attached hydrogens (tertiary/aromatic N) is 3. The van der Waals surface area contributed by atoms with Crippen LogP contribution in [-0.2, 0) is 13.2 Å². The van der Waals surface area contributed by atoms with E-state index in [0.29, 0.717) is 25.0 Å². The summed E-state index contributed by atoms with van der Waals surface area (Å²) in [5.41, 5.74) is 8.19. The second kappa shape index (κ2) is 10.2. The van der Waals surface area contributed by atoms with Gasteiger partial charge < -0.3 is 15.4 Å². The second-order valence-corrected chi connectivity index (χ2v) is 5.96. The van der Waals surface area contributed by atoms with Crippen LogP contribution in [0.1, 0.15) is 30.4 Å². The van der Waals surface area contributed by atoms with Gasteiger partial charge >= 0.3 is 0 Å². The molecule has 0 atom stereocenters. The highest BCUT2D eigenvalue weighted by molar-refractivity contribution is 14.0. The van der Waals surface area contributed by atoms with Crippen molar-refractivity contribution in [2.45, 2.75) is 32.4 Å². The Kier molecular flexibility index (Phi) is 7.97.